The standard InChI is InChI=1S/C22H25ClN2O2.C4H4O4/c23-19-5-7-20(8-6-19)27-14-13-24-11-9-17(10-12-24)15-25-16-18-3-1-2-4-21(18)22(25)26;5-3(6)1-2-4(7)8/h1-8,17H,9-16H2;1-2H,(H,5,6)(H,7,8)/b;2-1+. The monoisotopic (exact) mass is 500 g/mol. The number of ether oxygens (including phenoxy) is 1. The van der Waals surface area contributed by atoms with E-state index < -0.39 is 11.9 Å². The number of hydrogen-bond acceptors (Lipinski definition) is 5. The lowest BCUT2D eigenvalue weighted by molar-refractivity contribution is -0.134. The fourth-order valence-corrected chi connectivity index (χ4v) is 4.26. The highest BCUT2D eigenvalue weighted by Gasteiger charge is 2.30. The number of nitrogens with zero attached hydrogens (tertiary/aromatic N) is 2. The van der Waals surface area contributed by atoms with Crippen LogP contribution in [-0.4, -0.2) is 70.6 Å². The van der Waals surface area contributed by atoms with E-state index in [1.165, 1.54) is 5.56 Å². The number of likely N-dealkylation sites (tertiary alicyclic amines) is 1. The summed E-state index contributed by atoms with van der Waals surface area (Å²) >= 11 is 5.89. The molecule has 1 saturated heterocycles. The summed E-state index contributed by atoms with van der Waals surface area (Å²) in [6, 6.07) is 15.5. The molecule has 0 radical (unpaired) electrons. The van der Waals surface area contributed by atoms with Gasteiger partial charge in [-0.3, -0.25) is 9.69 Å². The molecular formula is C26H29ClN2O6. The number of carbonyl (C=O) groups is 3. The Balaban J connectivity index is 0.000000371. The zero-order chi connectivity index (χ0) is 25.2. The van der Waals surface area contributed by atoms with Gasteiger partial charge in [-0.15, -0.1) is 0 Å². The maximum atomic E-state index is 12.5. The maximum Gasteiger partial charge on any atom is 0.328 e. The number of aliphatic carboxylic acids is 2. The summed E-state index contributed by atoms with van der Waals surface area (Å²) in [6.07, 6.45) is 3.40. The van der Waals surface area contributed by atoms with Gasteiger partial charge in [-0.05, 0) is 67.7 Å². The van der Waals surface area contributed by atoms with Crippen molar-refractivity contribution in [1.29, 1.82) is 0 Å². The zero-order valence-corrected chi connectivity index (χ0v) is 20.1. The summed E-state index contributed by atoms with van der Waals surface area (Å²) in [5.74, 6) is -0.859. The number of benzene rings is 2. The number of fused-ring (bicyclic) bond motifs is 1. The summed E-state index contributed by atoms with van der Waals surface area (Å²) in [7, 11) is 0. The lowest BCUT2D eigenvalue weighted by Crippen LogP contribution is -2.40. The van der Waals surface area contributed by atoms with Crippen LogP contribution < -0.4 is 4.74 Å². The Labute approximate surface area is 209 Å². The van der Waals surface area contributed by atoms with Crippen LogP contribution >= 0.6 is 11.6 Å². The third-order valence-corrected chi connectivity index (χ3v) is 6.19. The van der Waals surface area contributed by atoms with Crippen molar-refractivity contribution >= 4 is 29.4 Å². The van der Waals surface area contributed by atoms with Gasteiger partial charge in [0.25, 0.3) is 5.91 Å². The van der Waals surface area contributed by atoms with Gasteiger partial charge in [-0.25, -0.2) is 9.59 Å². The van der Waals surface area contributed by atoms with Gasteiger partial charge in [-0.1, -0.05) is 29.8 Å². The summed E-state index contributed by atoms with van der Waals surface area (Å²) in [5, 5.41) is 16.4. The molecule has 1 amide bonds. The first kappa shape index (κ1) is 26.2. The van der Waals surface area contributed by atoms with E-state index >= 15 is 0 Å². The molecule has 4 rings (SSSR count). The SMILES string of the molecule is O=C(O)/C=C/C(=O)O.O=C1c2ccccc2CN1CC1CCN(CCOc2ccc(Cl)cc2)CC1. The molecule has 0 aliphatic carbocycles. The van der Waals surface area contributed by atoms with Crippen LogP contribution in [0, 0.1) is 5.92 Å². The topological polar surface area (TPSA) is 107 Å². The molecule has 1 fully saturated rings. The zero-order valence-electron chi connectivity index (χ0n) is 19.3. The van der Waals surface area contributed by atoms with Crippen LogP contribution in [0.2, 0.25) is 5.02 Å². The van der Waals surface area contributed by atoms with Crippen molar-refractivity contribution in [1.82, 2.24) is 9.80 Å². The first-order valence-corrected chi connectivity index (χ1v) is 11.8. The van der Waals surface area contributed by atoms with Gasteiger partial charge >= 0.3 is 11.9 Å². The minimum absolute atomic E-state index is 0.199. The second-order valence-electron chi connectivity index (χ2n) is 8.44. The highest BCUT2D eigenvalue weighted by Crippen LogP contribution is 2.26. The van der Waals surface area contributed by atoms with Gasteiger partial charge in [0.2, 0.25) is 0 Å². The Hall–Kier alpha value is -3.36. The van der Waals surface area contributed by atoms with E-state index in [-0.39, 0.29) is 5.91 Å². The predicted octanol–water partition coefficient (Wildman–Crippen LogP) is 3.80. The Morgan fingerprint density at radius 2 is 1.63 bits per heavy atom. The molecule has 186 valence electrons. The maximum absolute atomic E-state index is 12.5. The molecule has 2 heterocycles. The van der Waals surface area contributed by atoms with Crippen LogP contribution in [0.25, 0.3) is 0 Å². The molecule has 0 unspecified atom stereocenters. The van der Waals surface area contributed by atoms with Crippen molar-refractivity contribution in [3.8, 4) is 5.75 Å². The Morgan fingerprint density at radius 1 is 1.00 bits per heavy atom. The molecular weight excluding hydrogens is 472 g/mol. The van der Waals surface area contributed by atoms with E-state index in [1.54, 1.807) is 0 Å². The van der Waals surface area contributed by atoms with Gasteiger partial charge in [-0.2, -0.15) is 0 Å². The van der Waals surface area contributed by atoms with Crippen LogP contribution in [0.4, 0.5) is 0 Å². The first-order valence-electron chi connectivity index (χ1n) is 11.4. The second kappa shape index (κ2) is 12.9. The molecule has 8 nitrogen and oxygen atoms in total. The normalized spacial score (nSPS) is 16.0. The van der Waals surface area contributed by atoms with Crippen molar-refractivity contribution in [3.05, 3.63) is 76.8 Å². The number of carboxylic acids is 2. The largest absolute Gasteiger partial charge is 0.492 e. The molecule has 2 aromatic rings. The van der Waals surface area contributed by atoms with Crippen molar-refractivity contribution in [2.45, 2.75) is 19.4 Å². The summed E-state index contributed by atoms with van der Waals surface area (Å²) in [5.41, 5.74) is 2.05. The number of carbonyl (C=O) groups excluding carboxylic acids is 1. The van der Waals surface area contributed by atoms with Gasteiger partial charge in [0.1, 0.15) is 12.4 Å². The van der Waals surface area contributed by atoms with E-state index in [4.69, 9.17) is 26.6 Å². The minimum atomic E-state index is -1.26. The van der Waals surface area contributed by atoms with Gasteiger partial charge in [0.05, 0.1) is 0 Å². The number of amides is 1. The average Bonchev–Trinajstić information content (AvgIpc) is 3.16. The number of carboxylic acid groups (broad SMARTS) is 2. The second-order valence-corrected chi connectivity index (χ2v) is 8.88. The Bertz CT molecular complexity index is 1030. The Kier molecular flexibility index (Phi) is 9.69. The average molecular weight is 501 g/mol. The van der Waals surface area contributed by atoms with Crippen molar-refractivity contribution < 1.29 is 29.3 Å². The van der Waals surface area contributed by atoms with Crippen LogP contribution in [0.15, 0.2) is 60.7 Å². The summed E-state index contributed by atoms with van der Waals surface area (Å²) in [4.78, 5) is 36.1. The Morgan fingerprint density at radius 3 is 2.23 bits per heavy atom. The van der Waals surface area contributed by atoms with Crippen molar-refractivity contribution in [2.24, 2.45) is 5.92 Å². The molecule has 2 N–H and O–H groups in total. The number of rotatable bonds is 8. The summed E-state index contributed by atoms with van der Waals surface area (Å²) in [6.45, 7) is 5.41. The van der Waals surface area contributed by atoms with Gasteiger partial charge < -0.3 is 19.8 Å². The fourth-order valence-electron chi connectivity index (χ4n) is 4.13. The van der Waals surface area contributed by atoms with Gasteiger partial charge in [0, 0.05) is 42.4 Å². The molecule has 2 aliphatic heterocycles. The quantitative estimate of drug-likeness (QED) is 0.531. The molecule has 0 atom stereocenters. The van der Waals surface area contributed by atoms with E-state index in [1.807, 2.05) is 47.4 Å². The molecule has 0 saturated carbocycles. The highest BCUT2D eigenvalue weighted by atomic mass is 35.5. The molecule has 0 aromatic heterocycles. The molecule has 35 heavy (non-hydrogen) atoms. The highest BCUT2D eigenvalue weighted by molar-refractivity contribution is 6.30. The number of piperidine rings is 1. The molecule has 0 spiro atoms. The van der Waals surface area contributed by atoms with Gasteiger partial charge in [0.15, 0.2) is 0 Å². The molecule has 2 aromatic carbocycles. The van der Waals surface area contributed by atoms with Crippen molar-refractivity contribution in [2.75, 3.05) is 32.8 Å². The van der Waals surface area contributed by atoms with Crippen LogP contribution in [-0.2, 0) is 16.1 Å². The van der Waals surface area contributed by atoms with E-state index in [0.717, 1.165) is 61.9 Å². The van der Waals surface area contributed by atoms with Crippen LogP contribution in [0.1, 0.15) is 28.8 Å². The van der Waals surface area contributed by atoms with E-state index in [9.17, 15) is 14.4 Å². The van der Waals surface area contributed by atoms with E-state index in [2.05, 4.69) is 11.0 Å². The third-order valence-electron chi connectivity index (χ3n) is 5.94. The number of hydrogen-bond donors (Lipinski definition) is 2. The lowest BCUT2D eigenvalue weighted by Gasteiger charge is -2.33. The smallest absolute Gasteiger partial charge is 0.328 e. The van der Waals surface area contributed by atoms with Crippen LogP contribution in [0.3, 0.4) is 0 Å². The molecule has 9 heteroatoms. The predicted molar refractivity (Wildman–Crippen MR) is 132 cm³/mol. The summed E-state index contributed by atoms with van der Waals surface area (Å²) < 4.78 is 5.79. The number of halogens is 1. The van der Waals surface area contributed by atoms with E-state index in [0.29, 0.717) is 24.7 Å². The van der Waals surface area contributed by atoms with Crippen LogP contribution in [0.5, 0.6) is 5.75 Å². The third kappa shape index (κ3) is 8.42. The van der Waals surface area contributed by atoms with Crippen molar-refractivity contribution in [3.63, 3.8) is 0 Å². The fraction of sp³-hybridized carbons (Fsp3) is 0.346. The molecule has 2 aliphatic rings. The molecule has 0 bridgehead atoms. The lowest BCUT2D eigenvalue weighted by atomic mass is 9.96. The minimum Gasteiger partial charge on any atom is -0.492 e. The first-order chi connectivity index (χ1) is 16.8.